The summed E-state index contributed by atoms with van der Waals surface area (Å²) in [5, 5.41) is 11.3. The smallest absolute Gasteiger partial charge is 0.224 e. The first-order valence-electron chi connectivity index (χ1n) is 7.47. The number of anilines is 2. The van der Waals surface area contributed by atoms with Crippen molar-refractivity contribution in [2.24, 2.45) is 10.8 Å². The SMILES string of the molecule is CC1(C)CC(Nc2nc(N)nc3[nH]ncc23)CC(C)(C)C1. The van der Waals surface area contributed by atoms with E-state index in [1.807, 2.05) is 0 Å². The van der Waals surface area contributed by atoms with Gasteiger partial charge in [0.25, 0.3) is 0 Å². The number of nitrogen functional groups attached to an aromatic ring is 1. The van der Waals surface area contributed by atoms with Gasteiger partial charge < -0.3 is 11.1 Å². The average molecular weight is 288 g/mol. The number of nitrogens with zero attached hydrogens (tertiary/aromatic N) is 3. The Kier molecular flexibility index (Phi) is 3.07. The molecule has 0 aliphatic heterocycles. The number of H-pyrrole nitrogens is 1. The van der Waals surface area contributed by atoms with Gasteiger partial charge in [0, 0.05) is 6.04 Å². The maximum Gasteiger partial charge on any atom is 0.224 e. The van der Waals surface area contributed by atoms with Gasteiger partial charge in [0.1, 0.15) is 5.82 Å². The minimum Gasteiger partial charge on any atom is -0.368 e. The largest absolute Gasteiger partial charge is 0.368 e. The van der Waals surface area contributed by atoms with Crippen molar-refractivity contribution in [2.75, 3.05) is 11.1 Å². The highest BCUT2D eigenvalue weighted by molar-refractivity contribution is 5.86. The van der Waals surface area contributed by atoms with Crippen molar-refractivity contribution in [2.45, 2.75) is 53.0 Å². The minimum atomic E-state index is 0.267. The van der Waals surface area contributed by atoms with Crippen LogP contribution in [0.5, 0.6) is 0 Å². The predicted octanol–water partition coefficient (Wildman–Crippen LogP) is 2.95. The van der Waals surface area contributed by atoms with E-state index in [0.717, 1.165) is 24.0 Å². The molecule has 0 unspecified atom stereocenters. The summed E-state index contributed by atoms with van der Waals surface area (Å²) in [6, 6.07) is 0.385. The highest BCUT2D eigenvalue weighted by Gasteiger charge is 2.38. The molecule has 1 aliphatic rings. The number of aromatic nitrogens is 4. The second-order valence-electron chi connectivity index (χ2n) is 7.82. The monoisotopic (exact) mass is 288 g/mol. The zero-order valence-corrected chi connectivity index (χ0v) is 13.2. The van der Waals surface area contributed by atoms with Gasteiger partial charge in [0.05, 0.1) is 11.6 Å². The Labute approximate surface area is 124 Å². The molecule has 6 heteroatoms. The fraction of sp³-hybridized carbons (Fsp3) is 0.667. The number of aromatic amines is 1. The molecule has 0 spiro atoms. The first-order valence-corrected chi connectivity index (χ1v) is 7.47. The maximum atomic E-state index is 5.79. The lowest BCUT2D eigenvalue weighted by Crippen LogP contribution is -2.40. The molecule has 2 aromatic heterocycles. The lowest BCUT2D eigenvalue weighted by Gasteiger charge is -2.45. The summed E-state index contributed by atoms with van der Waals surface area (Å²) in [5.41, 5.74) is 7.12. The quantitative estimate of drug-likeness (QED) is 0.790. The molecule has 1 saturated carbocycles. The Morgan fingerprint density at radius 1 is 1.19 bits per heavy atom. The number of nitrogens with one attached hydrogen (secondary N) is 2. The summed E-state index contributed by atoms with van der Waals surface area (Å²) in [5.74, 6) is 1.05. The van der Waals surface area contributed by atoms with Crippen LogP contribution in [0.2, 0.25) is 0 Å². The molecule has 0 aromatic carbocycles. The molecule has 1 fully saturated rings. The van der Waals surface area contributed by atoms with E-state index in [1.165, 1.54) is 6.42 Å². The molecule has 0 atom stereocenters. The third-order valence-corrected chi connectivity index (χ3v) is 4.22. The molecule has 21 heavy (non-hydrogen) atoms. The maximum absolute atomic E-state index is 5.79. The van der Waals surface area contributed by atoms with Gasteiger partial charge in [0.15, 0.2) is 5.65 Å². The normalized spacial score (nSPS) is 21.5. The molecule has 1 aliphatic carbocycles. The fourth-order valence-corrected chi connectivity index (χ4v) is 4.10. The summed E-state index contributed by atoms with van der Waals surface area (Å²) < 4.78 is 0. The van der Waals surface area contributed by atoms with Crippen LogP contribution in [0.25, 0.3) is 11.0 Å². The van der Waals surface area contributed by atoms with Crippen LogP contribution < -0.4 is 11.1 Å². The molecule has 114 valence electrons. The Morgan fingerprint density at radius 3 is 2.52 bits per heavy atom. The van der Waals surface area contributed by atoms with Gasteiger partial charge in [-0.1, -0.05) is 27.7 Å². The van der Waals surface area contributed by atoms with Crippen molar-refractivity contribution >= 4 is 22.8 Å². The Bertz CT molecular complexity index is 641. The number of hydrogen-bond acceptors (Lipinski definition) is 5. The standard InChI is InChI=1S/C15H24N6/c1-14(2)5-9(6-15(3,4)8-14)18-11-10-7-17-21-12(10)20-13(16)19-11/h7,9H,5-6,8H2,1-4H3,(H4,16,17,18,19,20,21). The number of fused-ring (bicyclic) bond motifs is 1. The van der Waals surface area contributed by atoms with Crippen LogP contribution in [0.4, 0.5) is 11.8 Å². The fourth-order valence-electron chi connectivity index (χ4n) is 4.10. The van der Waals surface area contributed by atoms with Crippen LogP contribution in [0.3, 0.4) is 0 Å². The van der Waals surface area contributed by atoms with Crippen LogP contribution >= 0.6 is 0 Å². The van der Waals surface area contributed by atoms with Gasteiger partial charge >= 0.3 is 0 Å². The van der Waals surface area contributed by atoms with Crippen LogP contribution in [-0.4, -0.2) is 26.2 Å². The number of nitrogens with two attached hydrogens (primary N) is 1. The predicted molar refractivity (Wildman–Crippen MR) is 84.9 cm³/mol. The Morgan fingerprint density at radius 2 is 1.86 bits per heavy atom. The molecule has 6 nitrogen and oxygen atoms in total. The zero-order valence-electron chi connectivity index (χ0n) is 13.2. The van der Waals surface area contributed by atoms with Crippen LogP contribution in [0, 0.1) is 10.8 Å². The molecule has 3 rings (SSSR count). The third kappa shape index (κ3) is 2.94. The van der Waals surface area contributed by atoms with Crippen molar-refractivity contribution in [3.63, 3.8) is 0 Å². The molecule has 2 aromatic rings. The second-order valence-corrected chi connectivity index (χ2v) is 7.82. The van der Waals surface area contributed by atoms with Crippen molar-refractivity contribution in [1.29, 1.82) is 0 Å². The summed E-state index contributed by atoms with van der Waals surface area (Å²) in [4.78, 5) is 8.51. The molecule has 4 N–H and O–H groups in total. The van der Waals surface area contributed by atoms with Crippen LogP contribution in [0.15, 0.2) is 6.20 Å². The van der Waals surface area contributed by atoms with E-state index in [0.29, 0.717) is 22.5 Å². The highest BCUT2D eigenvalue weighted by atomic mass is 15.2. The van der Waals surface area contributed by atoms with E-state index in [2.05, 4.69) is 53.2 Å². The molecule has 0 bridgehead atoms. The zero-order chi connectivity index (χ0) is 15.3. The molecule has 2 heterocycles. The van der Waals surface area contributed by atoms with Crippen molar-refractivity contribution < 1.29 is 0 Å². The molecule has 0 saturated heterocycles. The molecule has 0 amide bonds. The molecule has 0 radical (unpaired) electrons. The van der Waals surface area contributed by atoms with Gasteiger partial charge in [-0.25, -0.2) is 0 Å². The molecular formula is C15H24N6. The van der Waals surface area contributed by atoms with Gasteiger partial charge in [-0.05, 0) is 30.1 Å². The number of hydrogen-bond donors (Lipinski definition) is 3. The molecular weight excluding hydrogens is 264 g/mol. The highest BCUT2D eigenvalue weighted by Crippen LogP contribution is 2.46. The summed E-state index contributed by atoms with van der Waals surface area (Å²) in [6.07, 6.45) is 5.24. The topological polar surface area (TPSA) is 92.5 Å². The van der Waals surface area contributed by atoms with Gasteiger partial charge in [-0.3, -0.25) is 5.10 Å². The Balaban J connectivity index is 1.89. The van der Waals surface area contributed by atoms with E-state index in [1.54, 1.807) is 6.20 Å². The van der Waals surface area contributed by atoms with E-state index in [4.69, 9.17) is 5.73 Å². The average Bonchev–Trinajstić information content (AvgIpc) is 2.71. The summed E-state index contributed by atoms with van der Waals surface area (Å²) in [7, 11) is 0. The van der Waals surface area contributed by atoms with Gasteiger partial charge in [0.2, 0.25) is 5.95 Å². The minimum absolute atomic E-state index is 0.267. The van der Waals surface area contributed by atoms with E-state index in [-0.39, 0.29) is 5.95 Å². The van der Waals surface area contributed by atoms with E-state index < -0.39 is 0 Å². The van der Waals surface area contributed by atoms with Crippen molar-refractivity contribution in [3.05, 3.63) is 6.20 Å². The third-order valence-electron chi connectivity index (χ3n) is 4.22. The number of rotatable bonds is 2. The Hall–Kier alpha value is -1.85. The van der Waals surface area contributed by atoms with Crippen molar-refractivity contribution in [1.82, 2.24) is 20.2 Å². The van der Waals surface area contributed by atoms with E-state index >= 15 is 0 Å². The van der Waals surface area contributed by atoms with Gasteiger partial charge in [-0.15, -0.1) is 0 Å². The summed E-state index contributed by atoms with van der Waals surface area (Å²) >= 11 is 0. The van der Waals surface area contributed by atoms with Gasteiger partial charge in [-0.2, -0.15) is 15.1 Å². The lowest BCUT2D eigenvalue weighted by atomic mass is 9.63. The van der Waals surface area contributed by atoms with Crippen LogP contribution in [-0.2, 0) is 0 Å². The second kappa shape index (κ2) is 4.58. The van der Waals surface area contributed by atoms with Crippen LogP contribution in [0.1, 0.15) is 47.0 Å². The van der Waals surface area contributed by atoms with Crippen molar-refractivity contribution in [3.8, 4) is 0 Å². The first-order chi connectivity index (χ1) is 9.74. The first kappa shape index (κ1) is 14.1. The summed E-state index contributed by atoms with van der Waals surface area (Å²) in [6.45, 7) is 9.35. The lowest BCUT2D eigenvalue weighted by molar-refractivity contribution is 0.105. The van der Waals surface area contributed by atoms with E-state index in [9.17, 15) is 0 Å².